The molecule has 1 atom stereocenters. The molecular formula is C25H23F3N2O3. The number of ether oxygens (including phenoxy) is 1. The lowest BCUT2D eigenvalue weighted by Gasteiger charge is -2.30. The molecule has 0 bridgehead atoms. The molecule has 8 heteroatoms. The SMILES string of the molecule is CCCc1cc(C(F)(F)F)[nH]c(=O)c1C(=O)NC1c2ccc(C)cc2Oc2cccc(C)c21. The number of aromatic nitrogens is 1. The third-order valence-corrected chi connectivity index (χ3v) is 5.71. The van der Waals surface area contributed by atoms with Crippen LogP contribution in [0.5, 0.6) is 11.5 Å². The Kier molecular flexibility index (Phi) is 5.78. The van der Waals surface area contributed by atoms with Crippen LogP contribution in [0.15, 0.2) is 47.3 Å². The highest BCUT2D eigenvalue weighted by Gasteiger charge is 2.35. The number of pyridine rings is 1. The molecule has 4 rings (SSSR count). The molecule has 0 saturated heterocycles. The van der Waals surface area contributed by atoms with E-state index in [0.717, 1.165) is 22.8 Å². The fourth-order valence-electron chi connectivity index (χ4n) is 4.19. The van der Waals surface area contributed by atoms with Gasteiger partial charge in [-0.3, -0.25) is 9.59 Å². The Labute approximate surface area is 188 Å². The standard InChI is InChI=1S/C25H23F3N2O3/c1-4-6-15-12-19(25(26,27)28)29-23(31)21(15)24(32)30-22-16-10-9-13(2)11-18(16)33-17-8-5-7-14(3)20(17)22/h5,7-12,22H,4,6H2,1-3H3,(H,29,31)(H,30,32). The average molecular weight is 456 g/mol. The minimum atomic E-state index is -4.72. The number of amides is 1. The van der Waals surface area contributed by atoms with Crippen LogP contribution in [0.3, 0.4) is 0 Å². The maximum Gasteiger partial charge on any atom is 0.431 e. The van der Waals surface area contributed by atoms with Gasteiger partial charge < -0.3 is 15.0 Å². The number of nitrogens with one attached hydrogen (secondary N) is 2. The number of carbonyl (C=O) groups is 1. The molecule has 3 aromatic rings. The number of hydrogen-bond acceptors (Lipinski definition) is 3. The van der Waals surface area contributed by atoms with E-state index < -0.39 is 29.4 Å². The number of carbonyl (C=O) groups excluding carboxylic acids is 1. The van der Waals surface area contributed by atoms with Crippen LogP contribution >= 0.6 is 0 Å². The second-order valence-corrected chi connectivity index (χ2v) is 8.20. The van der Waals surface area contributed by atoms with E-state index in [1.54, 1.807) is 13.0 Å². The van der Waals surface area contributed by atoms with E-state index in [2.05, 4.69) is 5.32 Å². The number of alkyl halides is 3. The summed E-state index contributed by atoms with van der Waals surface area (Å²) in [5.41, 5.74) is 0.817. The molecule has 172 valence electrons. The highest BCUT2D eigenvalue weighted by Crippen LogP contribution is 2.44. The Morgan fingerprint density at radius 2 is 1.88 bits per heavy atom. The normalized spacial score (nSPS) is 14.8. The smallest absolute Gasteiger partial charge is 0.431 e. The molecule has 2 heterocycles. The van der Waals surface area contributed by atoms with Crippen LogP contribution in [0.4, 0.5) is 13.2 Å². The van der Waals surface area contributed by atoms with Crippen molar-refractivity contribution in [3.63, 3.8) is 0 Å². The van der Waals surface area contributed by atoms with Gasteiger partial charge in [0.1, 0.15) is 22.8 Å². The monoisotopic (exact) mass is 456 g/mol. The maximum atomic E-state index is 13.3. The molecule has 1 aromatic heterocycles. The summed E-state index contributed by atoms with van der Waals surface area (Å²) in [4.78, 5) is 27.8. The number of benzene rings is 2. The second-order valence-electron chi connectivity index (χ2n) is 8.20. The van der Waals surface area contributed by atoms with Gasteiger partial charge in [0.2, 0.25) is 0 Å². The number of H-pyrrole nitrogens is 1. The van der Waals surface area contributed by atoms with Crippen molar-refractivity contribution in [3.05, 3.63) is 91.9 Å². The molecule has 1 unspecified atom stereocenters. The number of halogens is 3. The molecule has 0 radical (unpaired) electrons. The highest BCUT2D eigenvalue weighted by molar-refractivity contribution is 5.96. The lowest BCUT2D eigenvalue weighted by Crippen LogP contribution is -2.36. The van der Waals surface area contributed by atoms with Crippen LogP contribution in [0.2, 0.25) is 0 Å². The summed E-state index contributed by atoms with van der Waals surface area (Å²) in [5.74, 6) is 0.420. The Hall–Kier alpha value is -3.55. The van der Waals surface area contributed by atoms with Crippen LogP contribution in [-0.4, -0.2) is 10.9 Å². The Balaban J connectivity index is 1.81. The molecule has 0 spiro atoms. The predicted molar refractivity (Wildman–Crippen MR) is 118 cm³/mol. The predicted octanol–water partition coefficient (Wildman–Crippen LogP) is 5.59. The van der Waals surface area contributed by atoms with Crippen LogP contribution < -0.4 is 15.6 Å². The second kappa shape index (κ2) is 8.42. The summed E-state index contributed by atoms with van der Waals surface area (Å²) in [6.45, 7) is 5.57. The number of aromatic amines is 1. The molecule has 1 aliphatic rings. The van der Waals surface area contributed by atoms with E-state index in [-0.39, 0.29) is 17.5 Å². The molecule has 0 fully saturated rings. The molecule has 33 heavy (non-hydrogen) atoms. The van der Waals surface area contributed by atoms with Crippen LogP contribution in [-0.2, 0) is 12.6 Å². The molecule has 5 nitrogen and oxygen atoms in total. The van der Waals surface area contributed by atoms with Crippen molar-refractivity contribution in [2.75, 3.05) is 0 Å². The molecule has 0 aliphatic carbocycles. The summed E-state index contributed by atoms with van der Waals surface area (Å²) in [5, 5.41) is 2.89. The van der Waals surface area contributed by atoms with Crippen molar-refractivity contribution in [3.8, 4) is 11.5 Å². The van der Waals surface area contributed by atoms with Crippen LogP contribution in [0, 0.1) is 13.8 Å². The van der Waals surface area contributed by atoms with Crippen LogP contribution in [0.1, 0.15) is 63.3 Å². The molecular weight excluding hydrogens is 433 g/mol. The minimum Gasteiger partial charge on any atom is -0.457 e. The van der Waals surface area contributed by atoms with E-state index in [9.17, 15) is 22.8 Å². The lowest BCUT2D eigenvalue weighted by molar-refractivity contribution is -0.141. The zero-order valence-corrected chi connectivity index (χ0v) is 18.4. The third-order valence-electron chi connectivity index (χ3n) is 5.71. The topological polar surface area (TPSA) is 71.2 Å². The molecule has 2 aromatic carbocycles. The average Bonchev–Trinajstić information content (AvgIpc) is 2.72. The van der Waals surface area contributed by atoms with E-state index in [0.29, 0.717) is 23.5 Å². The zero-order chi connectivity index (χ0) is 23.9. The minimum absolute atomic E-state index is 0.0623. The van der Waals surface area contributed by atoms with Gasteiger partial charge in [0.15, 0.2) is 0 Å². The van der Waals surface area contributed by atoms with Crippen molar-refractivity contribution in [1.82, 2.24) is 10.3 Å². The van der Waals surface area contributed by atoms with E-state index in [4.69, 9.17) is 4.74 Å². The van der Waals surface area contributed by atoms with Gasteiger partial charge in [-0.2, -0.15) is 13.2 Å². The largest absolute Gasteiger partial charge is 0.457 e. The summed E-state index contributed by atoms with van der Waals surface area (Å²) in [6, 6.07) is 11.3. The number of aryl methyl sites for hydroxylation is 3. The maximum absolute atomic E-state index is 13.3. The summed E-state index contributed by atoms with van der Waals surface area (Å²) in [6.07, 6.45) is -4.08. The fourth-order valence-corrected chi connectivity index (χ4v) is 4.19. The first-order valence-electron chi connectivity index (χ1n) is 10.6. The molecule has 2 N–H and O–H groups in total. The van der Waals surface area contributed by atoms with Crippen molar-refractivity contribution < 1.29 is 22.7 Å². The Morgan fingerprint density at radius 1 is 1.12 bits per heavy atom. The van der Waals surface area contributed by atoms with Gasteiger partial charge in [0.25, 0.3) is 11.5 Å². The quantitative estimate of drug-likeness (QED) is 0.538. The van der Waals surface area contributed by atoms with E-state index in [1.807, 2.05) is 49.2 Å². The van der Waals surface area contributed by atoms with Crippen molar-refractivity contribution in [2.45, 2.75) is 45.8 Å². The van der Waals surface area contributed by atoms with Crippen molar-refractivity contribution >= 4 is 5.91 Å². The Bertz CT molecular complexity index is 1300. The first-order chi connectivity index (χ1) is 15.6. The first-order valence-corrected chi connectivity index (χ1v) is 10.6. The summed E-state index contributed by atoms with van der Waals surface area (Å²) in [7, 11) is 0. The molecule has 1 amide bonds. The summed E-state index contributed by atoms with van der Waals surface area (Å²) >= 11 is 0. The van der Waals surface area contributed by atoms with Gasteiger partial charge in [-0.05, 0) is 55.2 Å². The lowest BCUT2D eigenvalue weighted by atomic mass is 9.90. The number of hydrogen-bond donors (Lipinski definition) is 2. The fraction of sp³-hybridized carbons (Fsp3) is 0.280. The van der Waals surface area contributed by atoms with Gasteiger partial charge in [0, 0.05) is 11.1 Å². The van der Waals surface area contributed by atoms with Gasteiger partial charge in [0.05, 0.1) is 6.04 Å². The first kappa shape index (κ1) is 22.6. The van der Waals surface area contributed by atoms with E-state index >= 15 is 0 Å². The highest BCUT2D eigenvalue weighted by atomic mass is 19.4. The summed E-state index contributed by atoms with van der Waals surface area (Å²) < 4.78 is 45.7. The van der Waals surface area contributed by atoms with Gasteiger partial charge >= 0.3 is 6.18 Å². The van der Waals surface area contributed by atoms with Gasteiger partial charge in [-0.25, -0.2) is 0 Å². The van der Waals surface area contributed by atoms with Gasteiger partial charge in [-0.1, -0.05) is 37.6 Å². The number of fused-ring (bicyclic) bond motifs is 2. The van der Waals surface area contributed by atoms with Crippen molar-refractivity contribution in [1.29, 1.82) is 0 Å². The van der Waals surface area contributed by atoms with E-state index in [1.165, 1.54) is 0 Å². The zero-order valence-electron chi connectivity index (χ0n) is 18.4. The Morgan fingerprint density at radius 3 is 2.58 bits per heavy atom. The number of rotatable bonds is 4. The van der Waals surface area contributed by atoms with Crippen molar-refractivity contribution in [2.24, 2.45) is 0 Å². The molecule has 0 saturated carbocycles. The van der Waals surface area contributed by atoms with Crippen LogP contribution in [0.25, 0.3) is 0 Å². The molecule has 1 aliphatic heterocycles. The van der Waals surface area contributed by atoms with Gasteiger partial charge in [-0.15, -0.1) is 0 Å². The third kappa shape index (κ3) is 4.25.